The van der Waals surface area contributed by atoms with E-state index in [1.807, 2.05) is 0 Å². The van der Waals surface area contributed by atoms with E-state index in [0.717, 1.165) is 76.0 Å². The van der Waals surface area contributed by atoms with E-state index in [-0.39, 0.29) is 32.3 Å². The number of carboxylic acids is 2. The van der Waals surface area contributed by atoms with Crippen LogP contribution in [0, 0.1) is 64.4 Å². The molecule has 7 aromatic carbocycles. The minimum absolute atomic E-state index is 0. The maximum Gasteiger partial charge on any atom is 0.679 e. The average molecular weight is 1450 g/mol. The fraction of sp³-hybridized carbons (Fsp3) is 0.230. The van der Waals surface area contributed by atoms with Gasteiger partial charge in [-0.25, -0.2) is 27.0 Å². The third kappa shape index (κ3) is 33.8. The first-order valence-corrected chi connectivity index (χ1v) is 31.4. The van der Waals surface area contributed by atoms with Crippen molar-refractivity contribution < 1.29 is 109 Å². The van der Waals surface area contributed by atoms with Crippen LogP contribution in [0.5, 0.6) is 11.5 Å². The van der Waals surface area contributed by atoms with E-state index >= 15 is 0 Å². The Morgan fingerprint density at radius 1 is 0.640 bits per heavy atom. The van der Waals surface area contributed by atoms with Gasteiger partial charge in [0.25, 0.3) is 11.9 Å². The van der Waals surface area contributed by atoms with E-state index in [9.17, 15) is 35.4 Å². The first-order valence-electron chi connectivity index (χ1n) is 25.8. The van der Waals surface area contributed by atoms with Crippen LogP contribution in [-0.4, -0.2) is 52.5 Å². The van der Waals surface area contributed by atoms with Gasteiger partial charge in [-0.1, -0.05) is 177 Å². The van der Waals surface area contributed by atoms with Crippen molar-refractivity contribution in [2.24, 2.45) is 0 Å². The summed E-state index contributed by atoms with van der Waals surface area (Å²) in [5, 5.41) is 61.3. The maximum absolute atomic E-state index is 13.6. The van der Waals surface area contributed by atoms with Crippen LogP contribution in [0.15, 0.2) is 162 Å². The van der Waals surface area contributed by atoms with Crippen molar-refractivity contribution in [1.82, 2.24) is 0 Å². The van der Waals surface area contributed by atoms with Gasteiger partial charge in [-0.3, -0.25) is 9.59 Å². The molecule has 0 saturated carbocycles. The second kappa shape index (κ2) is 47.7. The predicted molar refractivity (Wildman–Crippen MR) is 331 cm³/mol. The normalized spacial score (nSPS) is 10.4. The average Bonchev–Trinajstić information content (AvgIpc) is 1.16. The number of hydrogen-bond donors (Lipinski definition) is 4. The van der Waals surface area contributed by atoms with E-state index in [0.29, 0.717) is 23.2 Å². The number of benzene rings is 7. The molecular formula is C61H65BBrF6N3O13P3Pd+. The smallest absolute Gasteiger partial charge is 0.494 e. The Labute approximate surface area is 538 Å². The van der Waals surface area contributed by atoms with Crippen LogP contribution >= 0.6 is 38.9 Å². The summed E-state index contributed by atoms with van der Waals surface area (Å²) < 4.78 is 112. The Morgan fingerprint density at radius 2 is 1.02 bits per heavy atom. The number of halogens is 7. The number of nitriles is 3. The number of aryl methyl sites for hydroxylation is 1. The number of carbonyl (C=O) groups is 2. The van der Waals surface area contributed by atoms with Gasteiger partial charge in [0.1, 0.15) is 58.0 Å². The standard InChI is InChI=1S/C19H17P.C18H17F2NO.C11H17BO3.C7H2BrF2N.2C2H4O2.CF2NO5P2.CH4.Pd/c1-16-10-8-9-15-19(16)20(17-11-4-2-5-12-17)18-13-6-3-7-14-18;1-2-3-4-9-22-15-7-5-13(6-8-15)14-10-17(19)16(12-21)18(20)11-14;1-2-3-4-9-15-11-7-5-10(6-8-11)12(13)14;8-4-1-6(9)5(3-11)7(10)2-4;2*1-2(3)4;2-8-11(6,10(3)5)9-7-1-4;;/h2-15H,1H3;5-8,10-11H,2-4,9H2,1H3;5-8,13-14H,2-4,9H2,1H3;1-2H;2*1H3,(H,3,4);;1H4;/q;;;;;;+1;;. The van der Waals surface area contributed by atoms with Gasteiger partial charge >= 0.3 is 28.5 Å². The molecule has 0 fully saturated rings. The molecule has 0 amide bonds. The second-order valence-corrected chi connectivity index (χ2v) is 24.4. The van der Waals surface area contributed by atoms with Gasteiger partial charge in [0, 0.05) is 38.7 Å². The van der Waals surface area contributed by atoms with Gasteiger partial charge in [-0.05, 0) is 128 Å². The summed E-state index contributed by atoms with van der Waals surface area (Å²) in [6.45, 7) is 10.0. The van der Waals surface area contributed by atoms with E-state index in [2.05, 4.69) is 136 Å². The van der Waals surface area contributed by atoms with Crippen LogP contribution < -0.4 is 30.9 Å². The Morgan fingerprint density at radius 3 is 1.37 bits per heavy atom. The summed E-state index contributed by atoms with van der Waals surface area (Å²) in [5.41, 5.74) is 1.81. The molecular weight excluding hydrogens is 1390 g/mol. The molecule has 0 heterocycles. The molecule has 28 heteroatoms. The first-order chi connectivity index (χ1) is 41.4. The van der Waals surface area contributed by atoms with Gasteiger partial charge in [0.05, 0.1) is 17.4 Å². The molecule has 16 nitrogen and oxygen atoms in total. The molecule has 0 radical (unpaired) electrons. The monoisotopic (exact) mass is 1450 g/mol. The van der Waals surface area contributed by atoms with Crippen LogP contribution in [0.4, 0.5) is 26.3 Å². The number of unbranched alkanes of at least 4 members (excludes halogenated alkanes) is 4. The molecule has 0 aliphatic carbocycles. The third-order valence-corrected chi connectivity index (χ3v) is 15.9. The van der Waals surface area contributed by atoms with Crippen molar-refractivity contribution in [3.8, 4) is 41.0 Å². The fourth-order valence-electron chi connectivity index (χ4n) is 6.58. The van der Waals surface area contributed by atoms with Crippen LogP contribution in [0.1, 0.15) is 90.3 Å². The van der Waals surface area contributed by atoms with Gasteiger partial charge in [0.2, 0.25) is 0 Å². The Bertz CT molecular complexity index is 3290. The van der Waals surface area contributed by atoms with E-state index in [1.165, 1.54) is 58.6 Å². The minimum atomic E-state index is -5.06. The van der Waals surface area contributed by atoms with E-state index in [4.69, 9.17) is 55.1 Å². The van der Waals surface area contributed by atoms with Gasteiger partial charge in [-0.15, -0.1) is 5.26 Å². The molecule has 7 rings (SSSR count). The van der Waals surface area contributed by atoms with Crippen molar-refractivity contribution in [1.29, 1.82) is 15.8 Å². The molecule has 7 aromatic rings. The van der Waals surface area contributed by atoms with Crippen molar-refractivity contribution in [3.05, 3.63) is 202 Å². The summed E-state index contributed by atoms with van der Waals surface area (Å²) in [5.74, 6) is -3.56. The van der Waals surface area contributed by atoms with Crippen LogP contribution in [0.25, 0.3) is 11.1 Å². The second-order valence-electron chi connectivity index (χ2n) is 17.2. The number of ether oxygens (including phenoxy) is 2. The predicted octanol–water partition coefficient (Wildman–Crippen LogP) is 15.3. The molecule has 0 spiro atoms. The zero-order chi connectivity index (χ0) is 65.3. The van der Waals surface area contributed by atoms with Crippen molar-refractivity contribution >= 4 is 79.4 Å². The topological polar surface area (TPSA) is 267 Å². The first kappa shape index (κ1) is 83.8. The van der Waals surface area contributed by atoms with Crippen molar-refractivity contribution in [3.63, 3.8) is 0 Å². The number of nitrogens with zero attached hydrogens (tertiary/aromatic N) is 3. The summed E-state index contributed by atoms with van der Waals surface area (Å²) in [7, 11) is -11.0. The Kier molecular flexibility index (Phi) is 44.9. The molecule has 0 saturated heterocycles. The van der Waals surface area contributed by atoms with Gasteiger partial charge in [-0.2, -0.15) is 10.5 Å². The summed E-state index contributed by atoms with van der Waals surface area (Å²) >= 11 is 2.89. The molecule has 478 valence electrons. The SMILES string of the molecule is C.CC(=O)O.CC(=O)O.CCCCCOc1ccc(-c2cc(F)c(C#N)c(F)c2)cc1.CCCCCOc1ccc(B(O)O)cc1.Cc1ccccc1P(c1ccccc1)c1ccccc1.N#COOP(=O)(OF)[P+](=O)F.N#Cc1c(F)cc(Br)cc1F.[Pd]. The summed E-state index contributed by atoms with van der Waals surface area (Å²) in [4.78, 5) is 21.2. The number of carboxylic acid groups (broad SMARTS) is 2. The molecule has 4 N–H and O–H groups in total. The van der Waals surface area contributed by atoms with Crippen LogP contribution in [0.3, 0.4) is 0 Å². The van der Waals surface area contributed by atoms with Crippen LogP contribution in [0.2, 0.25) is 0 Å². The fourth-order valence-corrected chi connectivity index (χ4v) is 10.1. The molecule has 0 bridgehead atoms. The Balaban J connectivity index is 0. The third-order valence-electron chi connectivity index (χ3n) is 10.5. The van der Waals surface area contributed by atoms with Gasteiger partial charge in [0.15, 0.2) is 0 Å². The van der Waals surface area contributed by atoms with E-state index in [1.54, 1.807) is 48.5 Å². The molecule has 2 unspecified atom stereocenters. The zero-order valence-electron chi connectivity index (χ0n) is 47.9. The zero-order valence-corrected chi connectivity index (χ0v) is 53.7. The van der Waals surface area contributed by atoms with E-state index < -0.39 is 76.5 Å². The molecule has 2 atom stereocenters. The molecule has 0 aromatic heterocycles. The number of aliphatic carboxylic acids is 2. The summed E-state index contributed by atoms with van der Waals surface area (Å²) in [6, 6.07) is 51.6. The maximum atomic E-state index is 13.6. The molecule has 0 aliphatic heterocycles. The summed E-state index contributed by atoms with van der Waals surface area (Å²) in [6.07, 6.45) is 7.45. The number of hydrogen-bond acceptors (Lipinski definition) is 14. The molecule has 89 heavy (non-hydrogen) atoms. The largest absolute Gasteiger partial charge is 0.679 e. The van der Waals surface area contributed by atoms with Crippen molar-refractivity contribution in [2.45, 2.75) is 80.6 Å². The minimum Gasteiger partial charge on any atom is -0.494 e. The van der Waals surface area contributed by atoms with Crippen molar-refractivity contribution in [2.75, 3.05) is 13.2 Å². The molecule has 0 aliphatic rings. The quantitative estimate of drug-likeness (QED) is 0.0111. The Hall–Kier alpha value is -7.26. The van der Waals surface area contributed by atoms with Gasteiger partial charge < -0.3 is 29.7 Å². The number of rotatable bonds is 19. The van der Waals surface area contributed by atoms with Crippen LogP contribution in [-0.2, 0) is 53.4 Å².